The number of anilines is 1. The quantitative estimate of drug-likeness (QED) is 0.746. The summed E-state index contributed by atoms with van der Waals surface area (Å²) in [6.45, 7) is 2.38. The number of nitrogens with one attached hydrogen (secondary N) is 1. The van der Waals surface area contributed by atoms with Crippen LogP contribution >= 0.6 is 27.3 Å². The van der Waals surface area contributed by atoms with E-state index in [2.05, 4.69) is 31.2 Å². The van der Waals surface area contributed by atoms with Gasteiger partial charge in [0.05, 0.1) is 9.86 Å². The first-order chi connectivity index (χ1) is 10.2. The summed E-state index contributed by atoms with van der Waals surface area (Å²) in [5, 5.41) is 6.16. The van der Waals surface area contributed by atoms with Crippen LogP contribution in [0, 0.1) is 6.92 Å². The van der Waals surface area contributed by atoms with E-state index >= 15 is 0 Å². The van der Waals surface area contributed by atoms with E-state index in [1.165, 1.54) is 5.56 Å². The number of rotatable bonds is 4. The van der Waals surface area contributed by atoms with Crippen LogP contribution < -0.4 is 10.1 Å². The molecule has 0 aliphatic heterocycles. The van der Waals surface area contributed by atoms with E-state index in [-0.39, 0.29) is 0 Å². The lowest BCUT2D eigenvalue weighted by Crippen LogP contribution is -2.04. The van der Waals surface area contributed by atoms with Crippen LogP contribution in [0.1, 0.15) is 11.4 Å². The van der Waals surface area contributed by atoms with Gasteiger partial charge in [-0.1, -0.05) is 6.07 Å². The maximum atomic E-state index is 5.81. The predicted octanol–water partition coefficient (Wildman–Crippen LogP) is 4.38. The van der Waals surface area contributed by atoms with Crippen LogP contribution in [0.15, 0.2) is 34.1 Å². The molecule has 4 nitrogen and oxygen atoms in total. The third-order valence-corrected chi connectivity index (χ3v) is 4.48. The second kappa shape index (κ2) is 5.99. The molecular formula is C15H14BrN3OS. The molecule has 0 saturated carbocycles. The fourth-order valence-corrected chi connectivity index (χ4v) is 3.41. The van der Waals surface area contributed by atoms with Crippen LogP contribution in [-0.4, -0.2) is 17.0 Å². The number of hydrogen-bond acceptors (Lipinski definition) is 5. The highest BCUT2D eigenvalue weighted by atomic mass is 79.9. The molecule has 3 aromatic rings. The molecule has 0 atom stereocenters. The van der Waals surface area contributed by atoms with Crippen molar-refractivity contribution >= 4 is 43.3 Å². The second-order valence-corrected chi connectivity index (χ2v) is 6.35. The number of thiophene rings is 1. The highest BCUT2D eigenvalue weighted by molar-refractivity contribution is 9.10. The normalized spacial score (nSPS) is 10.8. The third kappa shape index (κ3) is 3.01. The van der Waals surface area contributed by atoms with Crippen molar-refractivity contribution in [1.82, 2.24) is 9.97 Å². The van der Waals surface area contributed by atoms with E-state index in [0.29, 0.717) is 12.4 Å². The van der Waals surface area contributed by atoms with Crippen molar-refractivity contribution < 1.29 is 4.74 Å². The fourth-order valence-electron chi connectivity index (χ4n) is 2.02. The molecule has 0 fully saturated rings. The third-order valence-electron chi connectivity index (χ3n) is 3.05. The van der Waals surface area contributed by atoms with Gasteiger partial charge >= 0.3 is 0 Å². The van der Waals surface area contributed by atoms with Gasteiger partial charge in [-0.3, -0.25) is 0 Å². The molecule has 1 N–H and O–H groups in total. The van der Waals surface area contributed by atoms with E-state index in [9.17, 15) is 0 Å². The van der Waals surface area contributed by atoms with Crippen LogP contribution in [0.25, 0.3) is 10.2 Å². The van der Waals surface area contributed by atoms with E-state index in [1.807, 2.05) is 43.6 Å². The molecule has 0 amide bonds. The summed E-state index contributed by atoms with van der Waals surface area (Å²) in [5.74, 6) is 2.30. The Kier molecular flexibility index (Phi) is 4.07. The largest absolute Gasteiger partial charge is 0.484 e. The Morgan fingerprint density at radius 3 is 2.90 bits per heavy atom. The average Bonchev–Trinajstić information content (AvgIpc) is 2.93. The zero-order chi connectivity index (χ0) is 14.8. The molecule has 0 unspecified atom stereocenters. The van der Waals surface area contributed by atoms with E-state index < -0.39 is 0 Å². The second-order valence-electron chi connectivity index (χ2n) is 4.60. The van der Waals surface area contributed by atoms with Gasteiger partial charge in [-0.05, 0) is 52.0 Å². The zero-order valence-electron chi connectivity index (χ0n) is 11.7. The summed E-state index contributed by atoms with van der Waals surface area (Å²) >= 11 is 5.11. The Bertz CT molecular complexity index is 788. The molecule has 0 radical (unpaired) electrons. The lowest BCUT2D eigenvalue weighted by molar-refractivity contribution is 0.294. The van der Waals surface area contributed by atoms with E-state index in [4.69, 9.17) is 4.74 Å². The highest BCUT2D eigenvalue weighted by Crippen LogP contribution is 2.28. The number of benzene rings is 1. The lowest BCUT2D eigenvalue weighted by atomic mass is 10.2. The summed E-state index contributed by atoms with van der Waals surface area (Å²) in [7, 11) is 1.86. The summed E-state index contributed by atoms with van der Waals surface area (Å²) in [6.07, 6.45) is 0. The minimum absolute atomic E-state index is 0.337. The Morgan fingerprint density at radius 1 is 1.29 bits per heavy atom. The summed E-state index contributed by atoms with van der Waals surface area (Å²) in [5.41, 5.74) is 1.18. The van der Waals surface area contributed by atoms with Crippen LogP contribution in [0.3, 0.4) is 0 Å². The minimum Gasteiger partial charge on any atom is -0.484 e. The van der Waals surface area contributed by atoms with Gasteiger partial charge in [-0.2, -0.15) is 0 Å². The van der Waals surface area contributed by atoms with Gasteiger partial charge < -0.3 is 10.1 Å². The van der Waals surface area contributed by atoms with Crippen molar-refractivity contribution in [3.63, 3.8) is 0 Å². The Hall–Kier alpha value is -1.66. The Balaban J connectivity index is 1.84. The number of fused-ring (bicyclic) bond motifs is 1. The molecule has 0 bridgehead atoms. The van der Waals surface area contributed by atoms with Crippen molar-refractivity contribution in [2.75, 3.05) is 12.4 Å². The molecule has 0 spiro atoms. The zero-order valence-corrected chi connectivity index (χ0v) is 14.1. The van der Waals surface area contributed by atoms with Gasteiger partial charge in [0.2, 0.25) is 0 Å². The van der Waals surface area contributed by atoms with E-state index in [1.54, 1.807) is 11.3 Å². The van der Waals surface area contributed by atoms with Crippen LogP contribution in [0.5, 0.6) is 5.75 Å². The molecule has 6 heteroatoms. The first-order valence-corrected chi connectivity index (χ1v) is 8.15. The Morgan fingerprint density at radius 2 is 2.14 bits per heavy atom. The van der Waals surface area contributed by atoms with Crippen molar-refractivity contribution in [3.05, 3.63) is 45.5 Å². The van der Waals surface area contributed by atoms with Gasteiger partial charge in [0.15, 0.2) is 5.82 Å². The first kappa shape index (κ1) is 14.3. The molecule has 21 heavy (non-hydrogen) atoms. The average molecular weight is 364 g/mol. The van der Waals surface area contributed by atoms with Gasteiger partial charge in [0, 0.05) is 7.05 Å². The molecule has 1 aromatic carbocycles. The summed E-state index contributed by atoms with van der Waals surface area (Å²) in [4.78, 5) is 10.00. The predicted molar refractivity (Wildman–Crippen MR) is 90.2 cm³/mol. The fraction of sp³-hybridized carbons (Fsp3) is 0.200. The topological polar surface area (TPSA) is 47.0 Å². The molecule has 108 valence electrons. The SMILES string of the molecule is CNc1nc(COc2ccc(C)cc2Br)nc2sccc12. The number of hydrogen-bond donors (Lipinski definition) is 1. The molecule has 2 aromatic heterocycles. The van der Waals surface area contributed by atoms with Gasteiger partial charge in [-0.15, -0.1) is 11.3 Å². The molecule has 0 aliphatic rings. The van der Waals surface area contributed by atoms with Crippen molar-refractivity contribution in [2.45, 2.75) is 13.5 Å². The van der Waals surface area contributed by atoms with Gasteiger partial charge in [0.25, 0.3) is 0 Å². The maximum Gasteiger partial charge on any atom is 0.169 e. The Labute approximate surface area is 135 Å². The van der Waals surface area contributed by atoms with Crippen LogP contribution in [0.2, 0.25) is 0 Å². The molecule has 0 aliphatic carbocycles. The van der Waals surface area contributed by atoms with Crippen LogP contribution in [-0.2, 0) is 6.61 Å². The van der Waals surface area contributed by atoms with Crippen molar-refractivity contribution in [3.8, 4) is 5.75 Å². The highest BCUT2D eigenvalue weighted by Gasteiger charge is 2.09. The van der Waals surface area contributed by atoms with Gasteiger partial charge in [-0.25, -0.2) is 9.97 Å². The number of nitrogens with zero attached hydrogens (tertiary/aromatic N) is 2. The maximum absolute atomic E-state index is 5.81. The number of halogens is 1. The molecule has 0 saturated heterocycles. The van der Waals surface area contributed by atoms with Crippen molar-refractivity contribution in [2.24, 2.45) is 0 Å². The van der Waals surface area contributed by atoms with Crippen molar-refractivity contribution in [1.29, 1.82) is 0 Å². The number of ether oxygens (including phenoxy) is 1. The molecule has 3 rings (SSSR count). The van der Waals surface area contributed by atoms with Gasteiger partial charge in [0.1, 0.15) is 23.0 Å². The lowest BCUT2D eigenvalue weighted by Gasteiger charge is -2.09. The number of aryl methyl sites for hydroxylation is 1. The van der Waals surface area contributed by atoms with Crippen LogP contribution in [0.4, 0.5) is 5.82 Å². The summed E-state index contributed by atoms with van der Waals surface area (Å²) in [6, 6.07) is 8.01. The minimum atomic E-state index is 0.337. The smallest absolute Gasteiger partial charge is 0.169 e. The first-order valence-electron chi connectivity index (χ1n) is 6.48. The summed E-state index contributed by atoms with van der Waals surface area (Å²) < 4.78 is 6.75. The molecule has 2 heterocycles. The standard InChI is InChI=1S/C15H14BrN3OS/c1-9-3-4-12(11(16)7-9)20-8-13-18-14(17-2)10-5-6-21-15(10)19-13/h3-7H,8H2,1-2H3,(H,17,18,19). The number of aromatic nitrogens is 2. The molecular weight excluding hydrogens is 350 g/mol. The monoisotopic (exact) mass is 363 g/mol. The van der Waals surface area contributed by atoms with E-state index in [0.717, 1.165) is 26.3 Å².